The molecule has 1 heterocycles. The van der Waals surface area contributed by atoms with Crippen LogP contribution in [0.4, 0.5) is 11.4 Å². The van der Waals surface area contributed by atoms with Gasteiger partial charge in [0.05, 0.1) is 16.3 Å². The van der Waals surface area contributed by atoms with E-state index in [1.54, 1.807) is 12.1 Å². The van der Waals surface area contributed by atoms with Crippen molar-refractivity contribution in [2.75, 3.05) is 29.6 Å². The molecule has 18 heavy (non-hydrogen) atoms. The fourth-order valence-electron chi connectivity index (χ4n) is 1.96. The number of nitrogens with two attached hydrogens (primary N) is 1. The Hall–Kier alpha value is -0.880. The van der Waals surface area contributed by atoms with E-state index in [1.807, 2.05) is 11.8 Å². The number of rotatable bonds is 4. The molecule has 0 aliphatic carbocycles. The number of thioether (sulfide) groups is 1. The van der Waals surface area contributed by atoms with Gasteiger partial charge in [-0.25, -0.2) is 8.42 Å². The smallest absolute Gasteiger partial charge is 0.175 e. The third-order valence-electron chi connectivity index (χ3n) is 3.00. The molecule has 6 heteroatoms. The summed E-state index contributed by atoms with van der Waals surface area (Å²) in [5, 5.41) is 3.93. The Morgan fingerprint density at radius 1 is 1.50 bits per heavy atom. The normalized spacial score (nSPS) is 19.9. The molecule has 1 unspecified atom stereocenters. The lowest BCUT2D eigenvalue weighted by Gasteiger charge is -2.13. The maximum atomic E-state index is 11.4. The summed E-state index contributed by atoms with van der Waals surface area (Å²) in [6.07, 6.45) is 3.70. The molecule has 1 aromatic rings. The molecule has 0 amide bonds. The highest BCUT2D eigenvalue weighted by Gasteiger charge is 2.16. The van der Waals surface area contributed by atoms with Gasteiger partial charge in [0.1, 0.15) is 0 Å². The number of sulfone groups is 1. The molecule has 0 saturated carbocycles. The first-order valence-corrected chi connectivity index (χ1v) is 8.86. The largest absolute Gasteiger partial charge is 0.397 e. The first-order chi connectivity index (χ1) is 8.47. The van der Waals surface area contributed by atoms with Gasteiger partial charge in [0.25, 0.3) is 0 Å². The first-order valence-electron chi connectivity index (χ1n) is 5.92. The van der Waals surface area contributed by atoms with E-state index in [0.29, 0.717) is 10.9 Å². The Labute approximate surface area is 112 Å². The van der Waals surface area contributed by atoms with Gasteiger partial charge in [0.2, 0.25) is 0 Å². The molecule has 100 valence electrons. The fourth-order valence-corrected chi connectivity index (χ4v) is 3.82. The molecule has 1 saturated heterocycles. The van der Waals surface area contributed by atoms with Gasteiger partial charge in [-0.15, -0.1) is 0 Å². The molecule has 1 aliphatic rings. The molecule has 1 aromatic carbocycles. The van der Waals surface area contributed by atoms with Crippen molar-refractivity contribution >= 4 is 33.0 Å². The Morgan fingerprint density at radius 3 is 2.83 bits per heavy atom. The van der Waals surface area contributed by atoms with Gasteiger partial charge in [0, 0.05) is 18.1 Å². The highest BCUT2D eigenvalue weighted by atomic mass is 32.2. The van der Waals surface area contributed by atoms with Gasteiger partial charge < -0.3 is 11.1 Å². The van der Waals surface area contributed by atoms with Crippen molar-refractivity contribution in [2.24, 2.45) is 0 Å². The highest BCUT2D eigenvalue weighted by Crippen LogP contribution is 2.28. The summed E-state index contributed by atoms with van der Waals surface area (Å²) >= 11 is 1.98. The molecule has 0 radical (unpaired) electrons. The van der Waals surface area contributed by atoms with Crippen molar-refractivity contribution in [1.82, 2.24) is 0 Å². The number of hydrogen-bond acceptors (Lipinski definition) is 5. The van der Waals surface area contributed by atoms with Gasteiger partial charge in [0.15, 0.2) is 9.84 Å². The van der Waals surface area contributed by atoms with Gasteiger partial charge in [-0.3, -0.25) is 0 Å². The molecule has 0 spiro atoms. The van der Waals surface area contributed by atoms with Crippen molar-refractivity contribution in [3.63, 3.8) is 0 Å². The third-order valence-corrected chi connectivity index (χ3v) is 5.50. The second-order valence-corrected chi connectivity index (χ2v) is 7.96. The minimum absolute atomic E-state index is 0.265. The van der Waals surface area contributed by atoms with E-state index in [4.69, 9.17) is 5.73 Å². The summed E-state index contributed by atoms with van der Waals surface area (Å²) < 4.78 is 22.8. The summed E-state index contributed by atoms with van der Waals surface area (Å²) in [4.78, 5) is 0.265. The predicted molar refractivity (Wildman–Crippen MR) is 77.9 cm³/mol. The monoisotopic (exact) mass is 286 g/mol. The molecule has 0 aromatic heterocycles. The van der Waals surface area contributed by atoms with Gasteiger partial charge >= 0.3 is 0 Å². The van der Waals surface area contributed by atoms with Crippen LogP contribution >= 0.6 is 11.8 Å². The van der Waals surface area contributed by atoms with E-state index >= 15 is 0 Å². The second kappa shape index (κ2) is 5.40. The van der Waals surface area contributed by atoms with Crippen LogP contribution in [0.2, 0.25) is 0 Å². The minimum Gasteiger partial charge on any atom is -0.397 e. The topological polar surface area (TPSA) is 72.2 Å². The molecule has 0 bridgehead atoms. The van der Waals surface area contributed by atoms with Crippen LogP contribution < -0.4 is 11.1 Å². The van der Waals surface area contributed by atoms with Gasteiger partial charge in [-0.05, 0) is 36.8 Å². The van der Waals surface area contributed by atoms with Crippen LogP contribution in [-0.4, -0.2) is 32.2 Å². The van der Waals surface area contributed by atoms with Crippen molar-refractivity contribution in [3.8, 4) is 0 Å². The van der Waals surface area contributed by atoms with Crippen LogP contribution in [0.5, 0.6) is 0 Å². The van der Waals surface area contributed by atoms with E-state index in [-0.39, 0.29) is 4.90 Å². The van der Waals surface area contributed by atoms with Crippen LogP contribution in [0.25, 0.3) is 0 Å². The standard InChI is InChI=1S/C12H18N2O2S2/c1-18(15,16)10-4-5-12(11(13)7-10)14-8-9-3-2-6-17-9/h4-5,7,9,14H,2-3,6,8,13H2,1H3. The van der Waals surface area contributed by atoms with Crippen LogP contribution in [0.3, 0.4) is 0 Å². The summed E-state index contributed by atoms with van der Waals surface area (Å²) in [5.41, 5.74) is 7.17. The lowest BCUT2D eigenvalue weighted by atomic mass is 10.2. The molecule has 2 rings (SSSR count). The van der Waals surface area contributed by atoms with E-state index in [2.05, 4.69) is 5.32 Å². The minimum atomic E-state index is -3.18. The molecule has 1 fully saturated rings. The number of nitrogens with one attached hydrogen (secondary N) is 1. The highest BCUT2D eigenvalue weighted by molar-refractivity contribution is 8.00. The van der Waals surface area contributed by atoms with Crippen LogP contribution in [-0.2, 0) is 9.84 Å². The van der Waals surface area contributed by atoms with E-state index in [0.717, 1.165) is 12.2 Å². The van der Waals surface area contributed by atoms with E-state index in [1.165, 1.54) is 30.9 Å². The van der Waals surface area contributed by atoms with Crippen molar-refractivity contribution in [3.05, 3.63) is 18.2 Å². The van der Waals surface area contributed by atoms with E-state index < -0.39 is 9.84 Å². The Morgan fingerprint density at radius 2 is 2.28 bits per heavy atom. The van der Waals surface area contributed by atoms with Gasteiger partial charge in [-0.1, -0.05) is 0 Å². The zero-order valence-corrected chi connectivity index (χ0v) is 12.0. The van der Waals surface area contributed by atoms with Gasteiger partial charge in [-0.2, -0.15) is 11.8 Å². The Kier molecular flexibility index (Phi) is 4.07. The van der Waals surface area contributed by atoms with E-state index in [9.17, 15) is 8.42 Å². The van der Waals surface area contributed by atoms with Crippen LogP contribution in [0.1, 0.15) is 12.8 Å². The van der Waals surface area contributed by atoms with Crippen molar-refractivity contribution < 1.29 is 8.42 Å². The number of benzene rings is 1. The zero-order chi connectivity index (χ0) is 13.2. The SMILES string of the molecule is CS(=O)(=O)c1ccc(NCC2CCCS2)c(N)c1. The maximum Gasteiger partial charge on any atom is 0.175 e. The average Bonchev–Trinajstić information content (AvgIpc) is 2.79. The van der Waals surface area contributed by atoms with Crippen LogP contribution in [0.15, 0.2) is 23.1 Å². The Balaban J connectivity index is 2.05. The molecular weight excluding hydrogens is 268 g/mol. The number of anilines is 2. The lowest BCUT2D eigenvalue weighted by molar-refractivity contribution is 0.602. The quantitative estimate of drug-likeness (QED) is 0.828. The predicted octanol–water partition coefficient (Wildman–Crippen LogP) is 1.98. The molecule has 1 atom stereocenters. The summed E-state index contributed by atoms with van der Waals surface area (Å²) in [7, 11) is -3.18. The molecule has 1 aliphatic heterocycles. The Bertz CT molecular complexity index is 523. The fraction of sp³-hybridized carbons (Fsp3) is 0.500. The summed E-state index contributed by atoms with van der Waals surface area (Å²) in [5.74, 6) is 1.23. The maximum absolute atomic E-state index is 11.4. The first kappa shape index (κ1) is 13.5. The lowest BCUT2D eigenvalue weighted by Crippen LogP contribution is -2.14. The number of hydrogen-bond donors (Lipinski definition) is 2. The van der Waals surface area contributed by atoms with Crippen molar-refractivity contribution in [1.29, 1.82) is 0 Å². The summed E-state index contributed by atoms with van der Waals surface area (Å²) in [6, 6.07) is 4.85. The number of nitrogen functional groups attached to an aromatic ring is 1. The third kappa shape index (κ3) is 3.32. The summed E-state index contributed by atoms with van der Waals surface area (Å²) in [6.45, 7) is 0.882. The second-order valence-electron chi connectivity index (χ2n) is 4.54. The molecule has 4 nitrogen and oxygen atoms in total. The molecular formula is C12H18N2O2S2. The molecule has 3 N–H and O–H groups in total. The van der Waals surface area contributed by atoms with Crippen molar-refractivity contribution in [2.45, 2.75) is 23.0 Å². The van der Waals surface area contributed by atoms with Crippen LogP contribution in [0, 0.1) is 0 Å². The zero-order valence-electron chi connectivity index (χ0n) is 10.3. The average molecular weight is 286 g/mol.